The first kappa shape index (κ1) is 13.9. The van der Waals surface area contributed by atoms with E-state index >= 15 is 0 Å². The monoisotopic (exact) mass is 303 g/mol. The SMILES string of the molecule is C[C@@H]1Oc2ccccc2O[C@H]1C(=O)N(C)Cc1ccsc1. The summed E-state index contributed by atoms with van der Waals surface area (Å²) in [6, 6.07) is 9.45. The molecule has 3 rings (SSSR count). The highest BCUT2D eigenvalue weighted by molar-refractivity contribution is 7.07. The molecule has 110 valence electrons. The van der Waals surface area contributed by atoms with Crippen LogP contribution in [-0.2, 0) is 11.3 Å². The molecule has 0 saturated carbocycles. The van der Waals surface area contributed by atoms with Gasteiger partial charge in [0.1, 0.15) is 6.10 Å². The van der Waals surface area contributed by atoms with E-state index in [4.69, 9.17) is 9.47 Å². The van der Waals surface area contributed by atoms with E-state index in [0.717, 1.165) is 5.56 Å². The number of amides is 1. The van der Waals surface area contributed by atoms with Crippen LogP contribution >= 0.6 is 11.3 Å². The Hall–Kier alpha value is -2.01. The van der Waals surface area contributed by atoms with Crippen molar-refractivity contribution in [2.75, 3.05) is 7.05 Å². The molecule has 1 aromatic carbocycles. The summed E-state index contributed by atoms with van der Waals surface area (Å²) < 4.78 is 11.6. The van der Waals surface area contributed by atoms with E-state index in [2.05, 4.69) is 0 Å². The van der Waals surface area contributed by atoms with E-state index in [9.17, 15) is 4.79 Å². The largest absolute Gasteiger partial charge is 0.482 e. The lowest BCUT2D eigenvalue weighted by atomic mass is 10.1. The first-order valence-electron chi connectivity index (χ1n) is 6.83. The van der Waals surface area contributed by atoms with Gasteiger partial charge in [-0.05, 0) is 41.4 Å². The number of benzene rings is 1. The fraction of sp³-hybridized carbons (Fsp3) is 0.312. The van der Waals surface area contributed by atoms with Crippen LogP contribution in [0.1, 0.15) is 12.5 Å². The highest BCUT2D eigenvalue weighted by atomic mass is 32.1. The molecule has 2 atom stereocenters. The van der Waals surface area contributed by atoms with Gasteiger partial charge in [-0.25, -0.2) is 0 Å². The number of fused-ring (bicyclic) bond motifs is 1. The van der Waals surface area contributed by atoms with Crippen molar-refractivity contribution in [3.05, 3.63) is 46.7 Å². The zero-order chi connectivity index (χ0) is 14.8. The molecule has 5 heteroatoms. The summed E-state index contributed by atoms with van der Waals surface area (Å²) in [6.07, 6.45) is -0.916. The van der Waals surface area contributed by atoms with Gasteiger partial charge in [0, 0.05) is 13.6 Å². The molecule has 0 aliphatic carbocycles. The van der Waals surface area contributed by atoms with Crippen LogP contribution in [0.2, 0.25) is 0 Å². The third-order valence-corrected chi connectivity index (χ3v) is 4.19. The zero-order valence-corrected chi connectivity index (χ0v) is 12.8. The summed E-state index contributed by atoms with van der Waals surface area (Å²) >= 11 is 1.63. The molecule has 4 nitrogen and oxygen atoms in total. The summed E-state index contributed by atoms with van der Waals surface area (Å²) in [7, 11) is 1.79. The summed E-state index contributed by atoms with van der Waals surface area (Å²) in [5.41, 5.74) is 1.13. The van der Waals surface area contributed by atoms with Crippen LogP contribution < -0.4 is 9.47 Å². The molecule has 0 bridgehead atoms. The maximum atomic E-state index is 12.6. The lowest BCUT2D eigenvalue weighted by Crippen LogP contribution is -2.49. The van der Waals surface area contributed by atoms with Crippen molar-refractivity contribution in [2.45, 2.75) is 25.7 Å². The maximum absolute atomic E-state index is 12.6. The molecule has 1 amide bonds. The van der Waals surface area contributed by atoms with Crippen LogP contribution in [0, 0.1) is 0 Å². The van der Waals surface area contributed by atoms with Crippen molar-refractivity contribution in [3.8, 4) is 11.5 Å². The molecule has 2 aromatic rings. The number of thiophene rings is 1. The van der Waals surface area contributed by atoms with Crippen molar-refractivity contribution < 1.29 is 14.3 Å². The summed E-state index contributed by atoms with van der Waals surface area (Å²) in [5, 5.41) is 4.05. The van der Waals surface area contributed by atoms with E-state index < -0.39 is 6.10 Å². The number of nitrogens with zero attached hydrogens (tertiary/aromatic N) is 1. The first-order valence-corrected chi connectivity index (χ1v) is 7.78. The maximum Gasteiger partial charge on any atom is 0.267 e. The fourth-order valence-electron chi connectivity index (χ4n) is 2.34. The van der Waals surface area contributed by atoms with Crippen LogP contribution in [0.3, 0.4) is 0 Å². The molecule has 0 saturated heterocycles. The summed E-state index contributed by atoms with van der Waals surface area (Å²) in [4.78, 5) is 14.2. The predicted octanol–water partition coefficient (Wildman–Crippen LogP) is 2.94. The van der Waals surface area contributed by atoms with Gasteiger partial charge in [-0.3, -0.25) is 4.79 Å². The molecule has 0 radical (unpaired) electrons. The smallest absolute Gasteiger partial charge is 0.267 e. The third-order valence-electron chi connectivity index (χ3n) is 3.46. The Morgan fingerprint density at radius 3 is 2.62 bits per heavy atom. The first-order chi connectivity index (χ1) is 10.1. The van der Waals surface area contributed by atoms with Crippen LogP contribution in [0.25, 0.3) is 0 Å². The van der Waals surface area contributed by atoms with Crippen LogP contribution in [0.4, 0.5) is 0 Å². The Bertz CT molecular complexity index is 626. The fourth-order valence-corrected chi connectivity index (χ4v) is 3.00. The number of ether oxygens (including phenoxy) is 2. The molecule has 1 aliphatic heterocycles. The quantitative estimate of drug-likeness (QED) is 0.875. The van der Waals surface area contributed by atoms with E-state index in [-0.39, 0.29) is 12.0 Å². The molecule has 1 aliphatic rings. The van der Waals surface area contributed by atoms with Gasteiger partial charge in [-0.1, -0.05) is 12.1 Å². The lowest BCUT2D eigenvalue weighted by Gasteiger charge is -2.33. The normalized spacial score (nSPS) is 20.1. The highest BCUT2D eigenvalue weighted by Crippen LogP contribution is 2.33. The van der Waals surface area contributed by atoms with Crippen LogP contribution in [0.5, 0.6) is 11.5 Å². The second-order valence-electron chi connectivity index (χ2n) is 5.13. The lowest BCUT2D eigenvalue weighted by molar-refractivity contribution is -0.143. The number of likely N-dealkylation sites (N-methyl/N-ethyl adjacent to an activating group) is 1. The predicted molar refractivity (Wildman–Crippen MR) is 81.7 cm³/mol. The summed E-state index contributed by atoms with van der Waals surface area (Å²) in [5.74, 6) is 1.25. The van der Waals surface area contributed by atoms with Crippen LogP contribution in [0.15, 0.2) is 41.1 Å². The highest BCUT2D eigenvalue weighted by Gasteiger charge is 2.35. The molecular formula is C16H17NO3S. The van der Waals surface area contributed by atoms with Gasteiger partial charge in [0.15, 0.2) is 11.5 Å². The molecule has 2 heterocycles. The van der Waals surface area contributed by atoms with Crippen molar-refractivity contribution >= 4 is 17.2 Å². The number of rotatable bonds is 3. The average Bonchev–Trinajstić information content (AvgIpc) is 2.98. The van der Waals surface area contributed by atoms with Gasteiger partial charge in [0.05, 0.1) is 0 Å². The average molecular weight is 303 g/mol. The third kappa shape index (κ3) is 2.88. The standard InChI is InChI=1S/C16H17NO3S/c1-11-15(20-14-6-4-3-5-13(14)19-11)16(18)17(2)9-12-7-8-21-10-12/h3-8,10-11,15H,9H2,1-2H3/t11-,15+/m0/s1. The minimum Gasteiger partial charge on any atom is -0.482 e. The zero-order valence-electron chi connectivity index (χ0n) is 12.0. The summed E-state index contributed by atoms with van der Waals surface area (Å²) in [6.45, 7) is 2.44. The Morgan fingerprint density at radius 1 is 1.24 bits per heavy atom. The second-order valence-corrected chi connectivity index (χ2v) is 5.91. The molecular weight excluding hydrogens is 286 g/mol. The van der Waals surface area contributed by atoms with Gasteiger partial charge in [-0.2, -0.15) is 11.3 Å². The molecule has 21 heavy (non-hydrogen) atoms. The van der Waals surface area contributed by atoms with Crippen molar-refractivity contribution in [2.24, 2.45) is 0 Å². The van der Waals surface area contributed by atoms with Crippen molar-refractivity contribution in [3.63, 3.8) is 0 Å². The van der Waals surface area contributed by atoms with Gasteiger partial charge in [-0.15, -0.1) is 0 Å². The van der Waals surface area contributed by atoms with Crippen molar-refractivity contribution in [1.82, 2.24) is 4.90 Å². The Balaban J connectivity index is 1.73. The number of carbonyl (C=O) groups is 1. The van der Waals surface area contributed by atoms with E-state index in [1.807, 2.05) is 48.0 Å². The number of hydrogen-bond acceptors (Lipinski definition) is 4. The Kier molecular flexibility index (Phi) is 3.84. The van der Waals surface area contributed by atoms with Gasteiger partial charge in [0.25, 0.3) is 5.91 Å². The molecule has 0 N–H and O–H groups in total. The van der Waals surface area contributed by atoms with Gasteiger partial charge >= 0.3 is 0 Å². The van der Waals surface area contributed by atoms with Crippen LogP contribution in [-0.4, -0.2) is 30.1 Å². The van der Waals surface area contributed by atoms with Gasteiger partial charge in [0.2, 0.25) is 6.10 Å². The van der Waals surface area contributed by atoms with E-state index in [1.54, 1.807) is 23.3 Å². The number of hydrogen-bond donors (Lipinski definition) is 0. The van der Waals surface area contributed by atoms with E-state index in [1.165, 1.54) is 0 Å². The number of carbonyl (C=O) groups excluding carboxylic acids is 1. The molecule has 1 aromatic heterocycles. The topological polar surface area (TPSA) is 38.8 Å². The molecule has 0 unspecified atom stereocenters. The Morgan fingerprint density at radius 2 is 1.95 bits per heavy atom. The van der Waals surface area contributed by atoms with Crippen molar-refractivity contribution in [1.29, 1.82) is 0 Å². The van der Waals surface area contributed by atoms with E-state index in [0.29, 0.717) is 18.0 Å². The minimum absolute atomic E-state index is 0.0665. The Labute approximate surface area is 127 Å². The molecule has 0 spiro atoms. The van der Waals surface area contributed by atoms with Gasteiger partial charge < -0.3 is 14.4 Å². The number of para-hydroxylation sites is 2. The molecule has 0 fully saturated rings. The minimum atomic E-state index is -0.608. The second kappa shape index (κ2) is 5.77.